The molecule has 2 heterocycles. The Labute approximate surface area is 359 Å². The minimum Gasteiger partial charge on any atom is -0.341 e. The third-order valence-corrected chi connectivity index (χ3v) is 14.1. The molecule has 0 bridgehead atoms. The molecule has 0 N–H and O–H groups in total. The molecule has 2 aliphatic heterocycles. The maximum absolute atomic E-state index is 2.55. The van der Waals surface area contributed by atoms with E-state index in [-0.39, 0.29) is 5.41 Å². The van der Waals surface area contributed by atoms with Gasteiger partial charge in [0.2, 0.25) is 0 Å². The zero-order valence-corrected chi connectivity index (χ0v) is 35.0. The van der Waals surface area contributed by atoms with Crippen LogP contribution in [0.25, 0.3) is 66.1 Å². The minimum atomic E-state index is -0.0866. The number of para-hydroxylation sites is 2. The zero-order valence-electron chi connectivity index (χ0n) is 35.0. The highest BCUT2D eigenvalue weighted by molar-refractivity contribution is 6.23. The van der Waals surface area contributed by atoms with Gasteiger partial charge in [-0.05, 0) is 156 Å². The number of benzene rings is 9. The quantitative estimate of drug-likeness (QED) is 0.160. The Kier molecular flexibility index (Phi) is 8.32. The van der Waals surface area contributed by atoms with E-state index in [0.717, 1.165) is 38.8 Å². The maximum Gasteiger partial charge on any atom is 0.0443 e. The summed E-state index contributed by atoms with van der Waals surface area (Å²) in [6.07, 6.45) is 4.52. The Hall–Kier alpha value is -6.90. The molecule has 9 aromatic carbocycles. The Bertz CT molecular complexity index is 3190. The van der Waals surface area contributed by atoms with Gasteiger partial charge in [-0.3, -0.25) is 0 Å². The van der Waals surface area contributed by atoms with Crippen LogP contribution in [0.2, 0.25) is 0 Å². The van der Waals surface area contributed by atoms with Crippen molar-refractivity contribution < 1.29 is 0 Å². The van der Waals surface area contributed by atoms with Crippen LogP contribution in [-0.4, -0.2) is 13.1 Å². The Morgan fingerprint density at radius 1 is 0.377 bits per heavy atom. The molecule has 0 fully saturated rings. The minimum absolute atomic E-state index is 0.0866. The predicted molar refractivity (Wildman–Crippen MR) is 259 cm³/mol. The third kappa shape index (κ3) is 5.69. The molecule has 0 unspecified atom stereocenters. The lowest BCUT2D eigenvalue weighted by atomic mass is 9.80. The van der Waals surface area contributed by atoms with E-state index >= 15 is 0 Å². The second kappa shape index (κ2) is 14.1. The van der Waals surface area contributed by atoms with Crippen molar-refractivity contribution in [1.82, 2.24) is 0 Å². The lowest BCUT2D eigenvalue weighted by molar-refractivity contribution is 0.660. The van der Waals surface area contributed by atoms with Crippen molar-refractivity contribution in [3.05, 3.63) is 204 Å². The fourth-order valence-electron chi connectivity index (χ4n) is 11.2. The van der Waals surface area contributed by atoms with Crippen LogP contribution in [0.4, 0.5) is 22.7 Å². The van der Waals surface area contributed by atoms with Gasteiger partial charge in [-0.25, -0.2) is 0 Å². The summed E-state index contributed by atoms with van der Waals surface area (Å²) in [6, 6.07) is 69.0. The zero-order chi connectivity index (χ0) is 40.7. The van der Waals surface area contributed by atoms with Crippen molar-refractivity contribution in [2.45, 2.75) is 44.9 Å². The highest BCUT2D eigenvalue weighted by Crippen LogP contribution is 2.52. The molecule has 1 aliphatic carbocycles. The van der Waals surface area contributed by atoms with Gasteiger partial charge in [-0.1, -0.05) is 153 Å². The van der Waals surface area contributed by atoms with Crippen molar-refractivity contribution in [1.29, 1.82) is 0 Å². The van der Waals surface area contributed by atoms with E-state index in [1.807, 2.05) is 0 Å². The van der Waals surface area contributed by atoms with Crippen LogP contribution in [-0.2, 0) is 18.3 Å². The highest BCUT2D eigenvalue weighted by Gasteiger charge is 2.35. The number of anilines is 4. The van der Waals surface area contributed by atoms with Crippen molar-refractivity contribution in [2.75, 3.05) is 22.9 Å². The molecule has 9 aromatic rings. The van der Waals surface area contributed by atoms with E-state index < -0.39 is 0 Å². The molecule has 61 heavy (non-hydrogen) atoms. The number of fused-ring (bicyclic) bond motifs is 7. The number of aryl methyl sites for hydroxylation is 2. The van der Waals surface area contributed by atoms with E-state index in [2.05, 4.69) is 206 Å². The highest BCUT2D eigenvalue weighted by atomic mass is 15.1. The average molecular weight is 785 g/mol. The molecule has 0 saturated carbocycles. The van der Waals surface area contributed by atoms with Gasteiger partial charge in [-0.15, -0.1) is 0 Å². The van der Waals surface area contributed by atoms with Crippen molar-refractivity contribution >= 4 is 44.3 Å². The molecule has 0 radical (unpaired) electrons. The molecule has 0 saturated heterocycles. The molecular formula is C59H48N2. The SMILES string of the molecule is CC1(C)c2ccccc2-c2ccc(-c3ccccc3-c3c4ccc(N5CCCc6ccccc65)cc4c(-c4ccccc4)c4ccc(N5CCCc6ccccc65)cc34)cc21. The Morgan fingerprint density at radius 2 is 0.902 bits per heavy atom. The van der Waals surface area contributed by atoms with E-state index in [4.69, 9.17) is 0 Å². The first-order valence-corrected chi connectivity index (χ1v) is 22.2. The molecular weight excluding hydrogens is 737 g/mol. The lowest BCUT2D eigenvalue weighted by Crippen LogP contribution is -2.24. The first-order chi connectivity index (χ1) is 30.0. The van der Waals surface area contributed by atoms with Crippen LogP contribution in [0.5, 0.6) is 0 Å². The van der Waals surface area contributed by atoms with Gasteiger partial charge in [0.15, 0.2) is 0 Å². The fraction of sp³-hybridized carbons (Fsp3) is 0.153. The largest absolute Gasteiger partial charge is 0.341 e. The summed E-state index contributed by atoms with van der Waals surface area (Å²) in [5.41, 5.74) is 21.0. The van der Waals surface area contributed by atoms with Gasteiger partial charge >= 0.3 is 0 Å². The van der Waals surface area contributed by atoms with Gasteiger partial charge < -0.3 is 9.80 Å². The second-order valence-electron chi connectivity index (χ2n) is 17.8. The maximum atomic E-state index is 2.55. The topological polar surface area (TPSA) is 6.48 Å². The van der Waals surface area contributed by atoms with Crippen LogP contribution >= 0.6 is 0 Å². The van der Waals surface area contributed by atoms with Crippen LogP contribution in [0.3, 0.4) is 0 Å². The molecule has 0 spiro atoms. The number of nitrogens with zero attached hydrogens (tertiary/aromatic N) is 2. The number of hydrogen-bond acceptors (Lipinski definition) is 2. The molecule has 2 nitrogen and oxygen atoms in total. The summed E-state index contributed by atoms with van der Waals surface area (Å²) in [5.74, 6) is 0. The summed E-state index contributed by atoms with van der Waals surface area (Å²) >= 11 is 0. The molecule has 0 amide bonds. The second-order valence-corrected chi connectivity index (χ2v) is 17.8. The first-order valence-electron chi connectivity index (χ1n) is 22.2. The molecule has 2 heteroatoms. The molecule has 12 rings (SSSR count). The average Bonchev–Trinajstić information content (AvgIpc) is 3.55. The summed E-state index contributed by atoms with van der Waals surface area (Å²) in [5, 5.41) is 5.12. The summed E-state index contributed by atoms with van der Waals surface area (Å²) in [6.45, 7) is 6.78. The van der Waals surface area contributed by atoms with E-state index in [1.165, 1.54) is 111 Å². The monoisotopic (exact) mass is 784 g/mol. The van der Waals surface area contributed by atoms with Crippen molar-refractivity contribution in [3.8, 4) is 44.5 Å². The fourth-order valence-corrected chi connectivity index (χ4v) is 11.2. The molecule has 294 valence electrons. The normalized spacial score (nSPS) is 15.0. The van der Waals surface area contributed by atoms with E-state index in [0.29, 0.717) is 0 Å². The van der Waals surface area contributed by atoms with Gasteiger partial charge in [0.05, 0.1) is 0 Å². The summed E-state index contributed by atoms with van der Waals surface area (Å²) in [4.78, 5) is 5.10. The van der Waals surface area contributed by atoms with Crippen LogP contribution in [0.1, 0.15) is 48.9 Å². The van der Waals surface area contributed by atoms with Crippen LogP contribution < -0.4 is 9.80 Å². The third-order valence-electron chi connectivity index (χ3n) is 14.1. The van der Waals surface area contributed by atoms with Gasteiger partial charge in [-0.2, -0.15) is 0 Å². The van der Waals surface area contributed by atoms with Crippen molar-refractivity contribution in [2.24, 2.45) is 0 Å². The Morgan fingerprint density at radius 3 is 1.57 bits per heavy atom. The molecule has 0 aromatic heterocycles. The van der Waals surface area contributed by atoms with Gasteiger partial charge in [0.1, 0.15) is 0 Å². The Balaban J connectivity index is 1.15. The van der Waals surface area contributed by atoms with Gasteiger partial charge in [0, 0.05) is 41.3 Å². The molecule has 0 atom stereocenters. The summed E-state index contributed by atoms with van der Waals surface area (Å²) < 4.78 is 0. The van der Waals surface area contributed by atoms with Crippen LogP contribution in [0.15, 0.2) is 182 Å². The number of rotatable bonds is 5. The van der Waals surface area contributed by atoms with E-state index in [9.17, 15) is 0 Å². The lowest BCUT2D eigenvalue weighted by Gasteiger charge is -2.32. The molecule has 3 aliphatic rings. The number of hydrogen-bond donors (Lipinski definition) is 0. The standard InChI is InChI=1S/C59H48N2/c1-59(2)53-25-11-10-23-46(53)47-31-28-42(36-54(47)59)45-22-8-9-24-48(45)58-50-33-30-43(60-34-14-20-39-16-6-12-26-55(39)60)37-51(50)57(41-18-4-3-5-19-41)49-32-29-44(38-52(49)58)61-35-15-21-40-17-7-13-27-56(40)61/h3-13,16-19,22-33,36-38H,14-15,20-21,34-35H2,1-2H3. The van der Waals surface area contributed by atoms with Gasteiger partial charge in [0.25, 0.3) is 0 Å². The van der Waals surface area contributed by atoms with Crippen molar-refractivity contribution in [3.63, 3.8) is 0 Å². The van der Waals surface area contributed by atoms with E-state index in [1.54, 1.807) is 0 Å². The summed E-state index contributed by atoms with van der Waals surface area (Å²) in [7, 11) is 0. The predicted octanol–water partition coefficient (Wildman–Crippen LogP) is 15.5. The smallest absolute Gasteiger partial charge is 0.0443 e. The first kappa shape index (κ1) is 36.0. The van der Waals surface area contributed by atoms with Crippen LogP contribution in [0, 0.1) is 0 Å².